The second kappa shape index (κ2) is 4.72. The van der Waals surface area contributed by atoms with Crippen LogP contribution in [0, 0.1) is 0 Å². The molecule has 0 aromatic carbocycles. The lowest BCUT2D eigenvalue weighted by Gasteiger charge is -2.54. The van der Waals surface area contributed by atoms with Crippen molar-refractivity contribution in [2.24, 2.45) is 0 Å². The fraction of sp³-hybridized carbons (Fsp3) is 0.733. The van der Waals surface area contributed by atoms with Crippen LogP contribution in [-0.2, 0) is 9.59 Å². The van der Waals surface area contributed by atoms with E-state index in [4.69, 9.17) is 0 Å². The number of hydrogen-bond donors (Lipinski definition) is 2. The Morgan fingerprint density at radius 1 is 1.32 bits per heavy atom. The normalized spacial score (nSPS) is 40.5. The summed E-state index contributed by atoms with van der Waals surface area (Å²) in [5.41, 5.74) is 0.650. The predicted octanol–water partition coefficient (Wildman–Crippen LogP) is 0.376. The molecule has 0 unspecified atom stereocenters. The Kier molecular flexibility index (Phi) is 3.12. The highest BCUT2D eigenvalue weighted by Gasteiger charge is 2.51. The smallest absolute Gasteiger partial charge is 0.352 e. The van der Waals surface area contributed by atoms with Crippen LogP contribution >= 0.6 is 11.8 Å². The Morgan fingerprint density at radius 3 is 2.50 bits per heavy atom. The van der Waals surface area contributed by atoms with E-state index >= 15 is 0 Å². The summed E-state index contributed by atoms with van der Waals surface area (Å²) in [6, 6.07) is 0. The molecule has 6 nitrogen and oxygen atoms in total. The molecular weight excluding hydrogens is 304 g/mol. The fourth-order valence-corrected chi connectivity index (χ4v) is 5.54. The zero-order valence-corrected chi connectivity index (χ0v) is 13.3. The molecule has 22 heavy (non-hydrogen) atoms. The number of quaternary nitrogens is 1. The van der Waals surface area contributed by atoms with E-state index in [2.05, 4.69) is 0 Å². The molecule has 120 valence electrons. The lowest BCUT2D eigenvalue weighted by atomic mass is 9.81. The van der Waals surface area contributed by atoms with E-state index in [9.17, 15) is 19.8 Å². The molecule has 5 rings (SSSR count). The minimum absolute atomic E-state index is 0.0233. The van der Waals surface area contributed by atoms with Crippen molar-refractivity contribution in [1.29, 1.82) is 0 Å². The first-order valence-electron chi connectivity index (χ1n) is 7.88. The van der Waals surface area contributed by atoms with E-state index in [1.807, 2.05) is 0 Å². The third-order valence-electron chi connectivity index (χ3n) is 5.82. The molecule has 0 radical (unpaired) electrons. The maximum absolute atomic E-state index is 11.8. The summed E-state index contributed by atoms with van der Waals surface area (Å²) >= 11 is 1.68. The topological polar surface area (TPSA) is 77.8 Å². The first-order valence-corrected chi connectivity index (χ1v) is 8.93. The molecule has 0 spiro atoms. The molecule has 2 N–H and O–H groups in total. The van der Waals surface area contributed by atoms with Gasteiger partial charge in [-0.1, -0.05) is 0 Å². The van der Waals surface area contributed by atoms with Gasteiger partial charge in [-0.3, -0.25) is 9.69 Å². The van der Waals surface area contributed by atoms with Crippen molar-refractivity contribution in [2.75, 3.05) is 31.9 Å². The number of hydrogen-bond acceptors (Lipinski definition) is 4. The highest BCUT2D eigenvalue weighted by atomic mass is 32.2. The highest BCUT2D eigenvalue weighted by Crippen LogP contribution is 2.43. The molecule has 4 fully saturated rings. The van der Waals surface area contributed by atoms with Gasteiger partial charge in [0.2, 0.25) is 5.91 Å². The van der Waals surface area contributed by atoms with Gasteiger partial charge in [0.25, 0.3) is 0 Å². The van der Waals surface area contributed by atoms with E-state index in [1.165, 1.54) is 4.90 Å². The monoisotopic (exact) mass is 325 g/mol. The number of fused-ring (bicyclic) bond motifs is 4. The van der Waals surface area contributed by atoms with Crippen LogP contribution in [0.3, 0.4) is 0 Å². The number of aliphatic hydroxyl groups is 1. The average molecular weight is 325 g/mol. The molecule has 4 saturated heterocycles. The summed E-state index contributed by atoms with van der Waals surface area (Å²) < 4.78 is 0.877. The number of thioether (sulfide) groups is 1. The van der Waals surface area contributed by atoms with E-state index in [0.29, 0.717) is 18.7 Å². The summed E-state index contributed by atoms with van der Waals surface area (Å²) in [5, 5.41) is 19.9. The number of nitrogens with zero attached hydrogens (tertiary/aromatic N) is 2. The molecule has 1 atom stereocenters. The van der Waals surface area contributed by atoms with Crippen LogP contribution in [0.5, 0.6) is 0 Å². The maximum atomic E-state index is 11.8. The molecule has 0 aromatic heterocycles. The molecule has 5 aliphatic rings. The lowest BCUT2D eigenvalue weighted by Crippen LogP contribution is -2.65. The minimum atomic E-state index is -0.975. The molecular formula is C15H21N2O4S+. The number of amides is 1. The van der Waals surface area contributed by atoms with Gasteiger partial charge in [-0.25, -0.2) is 4.79 Å². The fourth-order valence-electron chi connectivity index (χ4n) is 4.29. The van der Waals surface area contributed by atoms with Gasteiger partial charge in [0.15, 0.2) is 0 Å². The summed E-state index contributed by atoms with van der Waals surface area (Å²) in [6.07, 6.45) is 2.88. The van der Waals surface area contributed by atoms with Gasteiger partial charge < -0.3 is 14.7 Å². The third-order valence-corrected chi connectivity index (χ3v) is 7.09. The van der Waals surface area contributed by atoms with Gasteiger partial charge >= 0.3 is 5.97 Å². The largest absolute Gasteiger partial charge is 0.477 e. The molecule has 7 heteroatoms. The van der Waals surface area contributed by atoms with Gasteiger partial charge in [-0.05, 0) is 0 Å². The van der Waals surface area contributed by atoms with Crippen LogP contribution in [0.15, 0.2) is 11.3 Å². The summed E-state index contributed by atoms with van der Waals surface area (Å²) in [4.78, 5) is 25.0. The Labute approximate surface area is 133 Å². The first-order chi connectivity index (χ1) is 10.4. The highest BCUT2D eigenvalue weighted by molar-refractivity contribution is 8.00. The number of β-lactam (4-membered cyclic amide) rings is 1. The number of aliphatic carboxylic acids is 1. The van der Waals surface area contributed by atoms with Crippen molar-refractivity contribution in [3.63, 3.8) is 0 Å². The van der Waals surface area contributed by atoms with Gasteiger partial charge in [0.1, 0.15) is 12.2 Å². The number of carboxylic acid groups (broad SMARTS) is 1. The van der Waals surface area contributed by atoms with Crippen molar-refractivity contribution in [3.05, 3.63) is 11.3 Å². The van der Waals surface area contributed by atoms with Crippen molar-refractivity contribution < 1.29 is 24.3 Å². The second-order valence-electron chi connectivity index (χ2n) is 7.14. The molecule has 0 aromatic rings. The molecule has 0 saturated carbocycles. The number of carbonyl (C=O) groups is 2. The molecule has 2 bridgehead atoms. The van der Waals surface area contributed by atoms with E-state index in [0.717, 1.165) is 49.0 Å². The summed E-state index contributed by atoms with van der Waals surface area (Å²) in [5.74, 6) is -0.337. The van der Waals surface area contributed by atoms with E-state index in [1.54, 1.807) is 11.8 Å². The van der Waals surface area contributed by atoms with Crippen LogP contribution in [0.4, 0.5) is 0 Å². The van der Waals surface area contributed by atoms with Crippen LogP contribution in [0.25, 0.3) is 0 Å². The lowest BCUT2D eigenvalue weighted by molar-refractivity contribution is -0.940. The van der Waals surface area contributed by atoms with Gasteiger partial charge in [-0.15, -0.1) is 11.8 Å². The molecule has 0 aliphatic carbocycles. The zero-order valence-electron chi connectivity index (χ0n) is 12.5. The van der Waals surface area contributed by atoms with Crippen molar-refractivity contribution >= 4 is 23.6 Å². The average Bonchev–Trinajstić information content (AvgIpc) is 2.49. The molecule has 5 heterocycles. The number of carboxylic acids is 1. The van der Waals surface area contributed by atoms with E-state index < -0.39 is 11.6 Å². The van der Waals surface area contributed by atoms with Crippen molar-refractivity contribution in [3.8, 4) is 0 Å². The Balaban J connectivity index is 1.62. The Hall–Kier alpha value is -1.05. The van der Waals surface area contributed by atoms with Crippen LogP contribution in [0.1, 0.15) is 25.7 Å². The maximum Gasteiger partial charge on any atom is 0.352 e. The van der Waals surface area contributed by atoms with Crippen molar-refractivity contribution in [1.82, 2.24) is 4.90 Å². The number of piperidine rings is 3. The zero-order chi connectivity index (χ0) is 15.5. The quantitative estimate of drug-likeness (QED) is 0.579. The van der Waals surface area contributed by atoms with Crippen LogP contribution in [0.2, 0.25) is 0 Å². The second-order valence-corrected chi connectivity index (χ2v) is 8.30. The Morgan fingerprint density at radius 2 is 1.95 bits per heavy atom. The van der Waals surface area contributed by atoms with Crippen molar-refractivity contribution in [2.45, 2.75) is 36.7 Å². The van der Waals surface area contributed by atoms with Gasteiger partial charge in [-0.2, -0.15) is 0 Å². The van der Waals surface area contributed by atoms with E-state index in [-0.39, 0.29) is 17.0 Å². The molecule has 5 aliphatic heterocycles. The summed E-state index contributed by atoms with van der Waals surface area (Å²) in [6.45, 7) is 3.44. The van der Waals surface area contributed by atoms with Gasteiger partial charge in [0, 0.05) is 30.6 Å². The number of rotatable bonds is 3. The Bertz CT molecular complexity index is 564. The van der Waals surface area contributed by atoms with Gasteiger partial charge in [0.05, 0.1) is 37.0 Å². The standard InChI is InChI=1S/C15H20N2O4S/c18-11-7-12-16(11)13(14(19)20)10(9-22-12)8-17-4-1-15(21,2-5-17)3-6-17/h12,21H,1-9H2/p+1/t12-,15?,17?/m0/s1. The number of carbonyl (C=O) groups excluding carboxylic acids is 1. The third kappa shape index (κ3) is 2.10. The predicted molar refractivity (Wildman–Crippen MR) is 80.9 cm³/mol. The SMILES string of the molecule is O=C(O)C1=C(C[N+]23CCC(O)(CC2)CC3)CS[C@H]2CC(=O)N12. The molecule has 1 amide bonds. The first kappa shape index (κ1) is 14.5. The minimum Gasteiger partial charge on any atom is -0.477 e. The summed E-state index contributed by atoms with van der Waals surface area (Å²) in [7, 11) is 0. The van der Waals surface area contributed by atoms with Crippen LogP contribution < -0.4 is 0 Å². The van der Waals surface area contributed by atoms with Crippen LogP contribution in [-0.4, -0.2) is 74.4 Å².